The summed E-state index contributed by atoms with van der Waals surface area (Å²) < 4.78 is 0. The summed E-state index contributed by atoms with van der Waals surface area (Å²) >= 11 is 0. The van der Waals surface area contributed by atoms with Gasteiger partial charge in [0.15, 0.2) is 0 Å². The average molecular weight is 286 g/mol. The second-order valence-electron chi connectivity index (χ2n) is 4.01. The van der Waals surface area contributed by atoms with Crippen molar-refractivity contribution in [1.82, 2.24) is 0 Å². The Bertz CT molecular complexity index is 695. The van der Waals surface area contributed by atoms with Gasteiger partial charge in [0.2, 0.25) is 0 Å². The maximum Gasteiger partial charge on any atom is 0.365 e. The van der Waals surface area contributed by atoms with E-state index in [2.05, 4.69) is 9.99 Å². The van der Waals surface area contributed by atoms with Gasteiger partial charge in [-0.05, 0) is 35.9 Å². The molecule has 0 spiro atoms. The Morgan fingerprint density at radius 1 is 1.24 bits per heavy atom. The SMILES string of the molecule is O=C(O/N=C/c1ccc(O)cc1)c1cccc([N+](=O)[O-])c1. The fourth-order valence-electron chi connectivity index (χ4n) is 1.49. The normalized spacial score (nSPS) is 10.5. The van der Waals surface area contributed by atoms with Gasteiger partial charge in [0, 0.05) is 12.1 Å². The molecule has 21 heavy (non-hydrogen) atoms. The monoisotopic (exact) mass is 286 g/mol. The van der Waals surface area contributed by atoms with E-state index in [0.29, 0.717) is 5.56 Å². The Hall–Kier alpha value is -3.22. The molecule has 0 heterocycles. The molecular weight excluding hydrogens is 276 g/mol. The number of benzene rings is 2. The zero-order valence-electron chi connectivity index (χ0n) is 10.7. The Morgan fingerprint density at radius 2 is 1.95 bits per heavy atom. The minimum Gasteiger partial charge on any atom is -0.508 e. The van der Waals surface area contributed by atoms with Crippen LogP contribution < -0.4 is 0 Å². The number of hydrogen-bond acceptors (Lipinski definition) is 6. The Morgan fingerprint density at radius 3 is 2.62 bits per heavy atom. The lowest BCUT2D eigenvalue weighted by Crippen LogP contribution is -2.02. The summed E-state index contributed by atoms with van der Waals surface area (Å²) in [6.45, 7) is 0. The van der Waals surface area contributed by atoms with Gasteiger partial charge in [-0.1, -0.05) is 11.2 Å². The molecule has 1 N–H and O–H groups in total. The van der Waals surface area contributed by atoms with Gasteiger partial charge in [-0.3, -0.25) is 10.1 Å². The number of non-ortho nitro benzene ring substituents is 1. The molecule has 0 unspecified atom stereocenters. The van der Waals surface area contributed by atoms with E-state index in [1.54, 1.807) is 12.1 Å². The van der Waals surface area contributed by atoms with Crippen molar-refractivity contribution in [2.24, 2.45) is 5.16 Å². The third-order valence-electron chi connectivity index (χ3n) is 2.52. The largest absolute Gasteiger partial charge is 0.508 e. The number of aromatic hydroxyl groups is 1. The van der Waals surface area contributed by atoms with Crippen molar-refractivity contribution in [2.75, 3.05) is 0 Å². The number of nitro groups is 1. The zero-order valence-corrected chi connectivity index (χ0v) is 10.7. The lowest BCUT2D eigenvalue weighted by molar-refractivity contribution is -0.384. The molecule has 0 aliphatic rings. The molecule has 0 aliphatic heterocycles. The van der Waals surface area contributed by atoms with Crippen molar-refractivity contribution in [3.63, 3.8) is 0 Å². The molecule has 7 heteroatoms. The maximum absolute atomic E-state index is 11.7. The van der Waals surface area contributed by atoms with Gasteiger partial charge in [-0.25, -0.2) is 4.79 Å². The van der Waals surface area contributed by atoms with E-state index in [1.807, 2.05) is 0 Å². The van der Waals surface area contributed by atoms with Crippen LogP contribution in [0.25, 0.3) is 0 Å². The average Bonchev–Trinajstić information content (AvgIpc) is 2.49. The van der Waals surface area contributed by atoms with E-state index in [9.17, 15) is 14.9 Å². The number of phenols is 1. The van der Waals surface area contributed by atoms with Crippen LogP contribution in [0, 0.1) is 10.1 Å². The lowest BCUT2D eigenvalue weighted by Gasteiger charge is -1.98. The molecule has 0 radical (unpaired) electrons. The molecule has 2 aromatic rings. The first kappa shape index (κ1) is 14.2. The first-order valence-corrected chi connectivity index (χ1v) is 5.84. The standard InChI is InChI=1S/C14H10N2O5/c17-13-6-4-10(5-7-13)9-15-21-14(18)11-2-1-3-12(8-11)16(19)20/h1-9,17H/b15-9+. The highest BCUT2D eigenvalue weighted by Crippen LogP contribution is 2.14. The quantitative estimate of drug-likeness (QED) is 0.402. The molecule has 2 rings (SSSR count). The van der Waals surface area contributed by atoms with Gasteiger partial charge in [-0.15, -0.1) is 0 Å². The molecule has 0 saturated heterocycles. The summed E-state index contributed by atoms with van der Waals surface area (Å²) in [6.07, 6.45) is 1.29. The molecule has 0 bridgehead atoms. The number of rotatable bonds is 4. The van der Waals surface area contributed by atoms with Crippen molar-refractivity contribution >= 4 is 17.9 Å². The van der Waals surface area contributed by atoms with Crippen LogP contribution in [0.3, 0.4) is 0 Å². The van der Waals surface area contributed by atoms with Crippen LogP contribution >= 0.6 is 0 Å². The molecule has 0 aliphatic carbocycles. The third-order valence-corrected chi connectivity index (χ3v) is 2.52. The number of carbonyl (C=O) groups excluding carboxylic acids is 1. The zero-order chi connectivity index (χ0) is 15.2. The van der Waals surface area contributed by atoms with Crippen LogP contribution in [0.5, 0.6) is 5.75 Å². The maximum atomic E-state index is 11.7. The summed E-state index contributed by atoms with van der Waals surface area (Å²) in [5, 5.41) is 23.2. The highest BCUT2D eigenvalue weighted by atomic mass is 16.7. The van der Waals surface area contributed by atoms with E-state index in [4.69, 9.17) is 5.11 Å². The van der Waals surface area contributed by atoms with Crippen LogP contribution in [0.4, 0.5) is 5.69 Å². The van der Waals surface area contributed by atoms with Crippen LogP contribution in [0.15, 0.2) is 53.7 Å². The van der Waals surface area contributed by atoms with Crippen molar-refractivity contribution < 1.29 is 19.7 Å². The van der Waals surface area contributed by atoms with Crippen LogP contribution in [0.2, 0.25) is 0 Å². The van der Waals surface area contributed by atoms with Gasteiger partial charge in [0.25, 0.3) is 5.69 Å². The molecular formula is C14H10N2O5. The van der Waals surface area contributed by atoms with Crippen LogP contribution in [-0.2, 0) is 4.84 Å². The second-order valence-corrected chi connectivity index (χ2v) is 4.01. The highest BCUT2D eigenvalue weighted by molar-refractivity contribution is 5.90. The molecule has 7 nitrogen and oxygen atoms in total. The van der Waals surface area contributed by atoms with Gasteiger partial charge in [-0.2, -0.15) is 0 Å². The first-order chi connectivity index (χ1) is 10.1. The Balaban J connectivity index is 2.03. The number of nitrogens with zero attached hydrogens (tertiary/aromatic N) is 2. The fourth-order valence-corrected chi connectivity index (χ4v) is 1.49. The highest BCUT2D eigenvalue weighted by Gasteiger charge is 2.12. The van der Waals surface area contributed by atoms with Crippen LogP contribution in [0.1, 0.15) is 15.9 Å². The minimum absolute atomic E-state index is 0.0343. The summed E-state index contributed by atoms with van der Waals surface area (Å²) in [4.78, 5) is 26.3. The fraction of sp³-hybridized carbons (Fsp3) is 0. The van der Waals surface area contributed by atoms with Crippen molar-refractivity contribution in [3.05, 3.63) is 69.8 Å². The van der Waals surface area contributed by atoms with Gasteiger partial charge < -0.3 is 9.94 Å². The summed E-state index contributed by atoms with van der Waals surface area (Å²) in [5.41, 5.74) is 0.457. The predicted molar refractivity (Wildman–Crippen MR) is 74.2 cm³/mol. The van der Waals surface area contributed by atoms with Gasteiger partial charge >= 0.3 is 5.97 Å². The molecule has 2 aromatic carbocycles. The van der Waals surface area contributed by atoms with Crippen molar-refractivity contribution in [1.29, 1.82) is 0 Å². The van der Waals surface area contributed by atoms with Gasteiger partial charge in [0.05, 0.1) is 16.7 Å². The number of oxime groups is 1. The third kappa shape index (κ3) is 3.87. The molecule has 0 amide bonds. The van der Waals surface area contributed by atoms with E-state index in [0.717, 1.165) is 6.07 Å². The molecule has 0 fully saturated rings. The summed E-state index contributed by atoms with van der Waals surface area (Å²) in [6, 6.07) is 11.3. The number of carbonyl (C=O) groups is 1. The number of nitro benzene ring substituents is 1. The van der Waals surface area contributed by atoms with E-state index in [-0.39, 0.29) is 17.0 Å². The minimum atomic E-state index is -0.797. The summed E-state index contributed by atoms with van der Waals surface area (Å²) in [5.74, 6) is -0.686. The number of hydrogen-bond donors (Lipinski definition) is 1. The molecule has 0 saturated carbocycles. The van der Waals surface area contributed by atoms with E-state index in [1.165, 1.54) is 36.5 Å². The predicted octanol–water partition coefficient (Wildman–Crippen LogP) is 2.49. The molecule has 0 aromatic heterocycles. The molecule has 0 atom stereocenters. The Labute approximate surface area is 119 Å². The lowest BCUT2D eigenvalue weighted by atomic mass is 10.2. The summed E-state index contributed by atoms with van der Waals surface area (Å²) in [7, 11) is 0. The number of phenolic OH excluding ortho intramolecular Hbond substituents is 1. The van der Waals surface area contributed by atoms with E-state index < -0.39 is 10.9 Å². The van der Waals surface area contributed by atoms with E-state index >= 15 is 0 Å². The van der Waals surface area contributed by atoms with Gasteiger partial charge in [0.1, 0.15) is 5.75 Å². The topological polar surface area (TPSA) is 102 Å². The molecule has 106 valence electrons. The van der Waals surface area contributed by atoms with Crippen LogP contribution in [-0.4, -0.2) is 22.2 Å². The first-order valence-electron chi connectivity index (χ1n) is 5.84. The second kappa shape index (κ2) is 6.29. The van der Waals surface area contributed by atoms with Crippen molar-refractivity contribution in [3.8, 4) is 5.75 Å². The smallest absolute Gasteiger partial charge is 0.365 e. The Kier molecular flexibility index (Phi) is 4.25. The van der Waals surface area contributed by atoms with Crippen molar-refractivity contribution in [2.45, 2.75) is 0 Å².